The van der Waals surface area contributed by atoms with E-state index in [1.165, 1.54) is 32.1 Å². The van der Waals surface area contributed by atoms with Crippen LogP contribution in [-0.2, 0) is 14.8 Å². The van der Waals surface area contributed by atoms with Crippen molar-refractivity contribution < 1.29 is 17.9 Å². The summed E-state index contributed by atoms with van der Waals surface area (Å²) in [5, 5.41) is 3.06. The lowest BCUT2D eigenvalue weighted by atomic mass is 9.51. The van der Waals surface area contributed by atoms with Gasteiger partial charge in [-0.3, -0.25) is 4.79 Å². The molecule has 7 heteroatoms. The molecule has 0 atom stereocenters. The molecule has 1 amide bonds. The number of sulfonamides is 1. The van der Waals surface area contributed by atoms with Crippen molar-refractivity contribution in [2.24, 2.45) is 29.6 Å². The fourth-order valence-electron chi connectivity index (χ4n) is 6.77. The van der Waals surface area contributed by atoms with Gasteiger partial charge in [0, 0.05) is 19.0 Å². The first-order chi connectivity index (χ1) is 14.5. The summed E-state index contributed by atoms with van der Waals surface area (Å²) < 4.78 is 33.2. The Morgan fingerprint density at radius 1 is 1.00 bits per heavy atom. The van der Waals surface area contributed by atoms with Gasteiger partial charge in [0.1, 0.15) is 5.75 Å². The lowest BCUT2D eigenvalue weighted by molar-refractivity contribution is -0.132. The molecular formula is C23H32N2O4S. The molecule has 30 heavy (non-hydrogen) atoms. The van der Waals surface area contributed by atoms with E-state index >= 15 is 0 Å². The Bertz CT molecular complexity index is 895. The lowest BCUT2D eigenvalue weighted by Crippen LogP contribution is -2.49. The van der Waals surface area contributed by atoms with Crippen molar-refractivity contribution >= 4 is 21.6 Å². The molecule has 0 aromatic heterocycles. The van der Waals surface area contributed by atoms with Gasteiger partial charge in [-0.2, -0.15) is 4.31 Å². The molecule has 4 bridgehead atoms. The normalized spacial score (nSPS) is 33.4. The predicted molar refractivity (Wildman–Crippen MR) is 115 cm³/mol. The first-order valence-corrected chi connectivity index (χ1v) is 12.9. The number of anilines is 1. The molecule has 5 aliphatic rings. The number of nitrogens with zero attached hydrogens (tertiary/aromatic N) is 1. The molecule has 1 aromatic rings. The SMILES string of the molecule is COc1ccc(S(=O)(=O)N2CCCCC2)cc1NC(=O)C1C2CC3CC(C2)CC1C3. The van der Waals surface area contributed by atoms with Crippen LogP contribution in [0.15, 0.2) is 23.1 Å². The quantitative estimate of drug-likeness (QED) is 0.766. The van der Waals surface area contributed by atoms with E-state index in [4.69, 9.17) is 4.74 Å². The van der Waals surface area contributed by atoms with Crippen LogP contribution in [0.4, 0.5) is 5.69 Å². The summed E-state index contributed by atoms with van der Waals surface area (Å²) in [4.78, 5) is 13.5. The third kappa shape index (κ3) is 3.54. The monoisotopic (exact) mass is 432 g/mol. The van der Waals surface area contributed by atoms with Crippen LogP contribution in [0.1, 0.15) is 51.4 Å². The number of hydrogen-bond acceptors (Lipinski definition) is 4. The molecule has 4 saturated carbocycles. The smallest absolute Gasteiger partial charge is 0.243 e. The summed E-state index contributed by atoms with van der Waals surface area (Å²) in [6.45, 7) is 1.12. The summed E-state index contributed by atoms with van der Waals surface area (Å²) in [5.74, 6) is 3.16. The fourth-order valence-corrected chi connectivity index (χ4v) is 8.31. The summed E-state index contributed by atoms with van der Waals surface area (Å²) in [7, 11) is -2.01. The van der Waals surface area contributed by atoms with Crippen LogP contribution in [0.3, 0.4) is 0 Å². The third-order valence-corrected chi connectivity index (χ3v) is 9.81. The standard InChI is InChI=1S/C23H32N2O4S/c1-29-21-6-5-19(30(27,28)25-7-3-2-4-8-25)14-20(21)24-23(26)22-17-10-15-9-16(12-17)13-18(22)11-15/h5-6,14-18,22H,2-4,7-13H2,1H3,(H,24,26). The molecule has 164 valence electrons. The zero-order chi connectivity index (χ0) is 20.9. The minimum Gasteiger partial charge on any atom is -0.495 e. The summed E-state index contributed by atoms with van der Waals surface area (Å²) in [6.07, 6.45) is 8.90. The highest BCUT2D eigenvalue weighted by molar-refractivity contribution is 7.89. The zero-order valence-electron chi connectivity index (χ0n) is 17.7. The number of nitrogens with one attached hydrogen (secondary N) is 1. The summed E-state index contributed by atoms with van der Waals surface area (Å²) in [6, 6.07) is 4.82. The molecule has 1 N–H and O–H groups in total. The molecule has 1 aliphatic heterocycles. The first-order valence-electron chi connectivity index (χ1n) is 11.4. The molecular weight excluding hydrogens is 400 g/mol. The van der Waals surface area contributed by atoms with Crippen LogP contribution in [-0.4, -0.2) is 38.8 Å². The average molecular weight is 433 g/mol. The molecule has 0 spiro atoms. The van der Waals surface area contributed by atoms with E-state index < -0.39 is 10.0 Å². The maximum atomic E-state index is 13.3. The van der Waals surface area contributed by atoms with Gasteiger partial charge in [-0.25, -0.2) is 8.42 Å². The Labute approximate surface area is 179 Å². The fraction of sp³-hybridized carbons (Fsp3) is 0.696. The average Bonchev–Trinajstić information content (AvgIpc) is 2.73. The minimum atomic E-state index is -3.56. The van der Waals surface area contributed by atoms with Gasteiger partial charge in [-0.05, 0) is 86.8 Å². The molecule has 1 heterocycles. The van der Waals surface area contributed by atoms with Crippen molar-refractivity contribution in [1.82, 2.24) is 4.31 Å². The van der Waals surface area contributed by atoms with E-state index in [9.17, 15) is 13.2 Å². The van der Waals surface area contributed by atoms with Crippen LogP contribution in [0.5, 0.6) is 5.75 Å². The van der Waals surface area contributed by atoms with Gasteiger partial charge in [0.15, 0.2) is 0 Å². The van der Waals surface area contributed by atoms with Crippen LogP contribution in [0.25, 0.3) is 0 Å². The van der Waals surface area contributed by atoms with Crippen LogP contribution >= 0.6 is 0 Å². The van der Waals surface area contributed by atoms with Gasteiger partial charge in [0.25, 0.3) is 0 Å². The summed E-state index contributed by atoms with van der Waals surface area (Å²) in [5.41, 5.74) is 0.467. The Morgan fingerprint density at radius 3 is 2.23 bits per heavy atom. The molecule has 0 unspecified atom stereocenters. The molecule has 6 rings (SSSR count). The Morgan fingerprint density at radius 2 is 1.63 bits per heavy atom. The number of hydrogen-bond donors (Lipinski definition) is 1. The number of methoxy groups -OCH3 is 1. The van der Waals surface area contributed by atoms with Gasteiger partial charge < -0.3 is 10.1 Å². The summed E-state index contributed by atoms with van der Waals surface area (Å²) >= 11 is 0. The van der Waals surface area contributed by atoms with Crippen molar-refractivity contribution in [2.45, 2.75) is 56.3 Å². The largest absolute Gasteiger partial charge is 0.495 e. The molecule has 1 aromatic carbocycles. The van der Waals surface area contributed by atoms with Crippen molar-refractivity contribution in [3.63, 3.8) is 0 Å². The number of benzene rings is 1. The van der Waals surface area contributed by atoms with Gasteiger partial charge >= 0.3 is 0 Å². The van der Waals surface area contributed by atoms with E-state index in [-0.39, 0.29) is 16.7 Å². The minimum absolute atomic E-state index is 0.0367. The molecule has 6 nitrogen and oxygen atoms in total. The van der Waals surface area contributed by atoms with Crippen molar-refractivity contribution in [3.05, 3.63) is 18.2 Å². The second kappa shape index (κ2) is 7.83. The highest BCUT2D eigenvalue weighted by atomic mass is 32.2. The Hall–Kier alpha value is -1.60. The van der Waals surface area contributed by atoms with E-state index in [1.807, 2.05) is 0 Å². The predicted octanol–water partition coefficient (Wildman–Crippen LogP) is 3.88. The van der Waals surface area contributed by atoms with Crippen LogP contribution in [0, 0.1) is 29.6 Å². The second-order valence-corrected chi connectivity index (χ2v) is 11.7. The van der Waals surface area contributed by atoms with E-state index in [1.54, 1.807) is 29.6 Å². The maximum Gasteiger partial charge on any atom is 0.243 e. The van der Waals surface area contributed by atoms with Gasteiger partial charge in [-0.15, -0.1) is 0 Å². The number of ether oxygens (including phenoxy) is 1. The molecule has 1 saturated heterocycles. The van der Waals surface area contributed by atoms with Crippen molar-refractivity contribution in [1.29, 1.82) is 0 Å². The zero-order valence-corrected chi connectivity index (χ0v) is 18.5. The number of rotatable bonds is 5. The highest BCUT2D eigenvalue weighted by Gasteiger charge is 2.50. The van der Waals surface area contributed by atoms with E-state index in [0.29, 0.717) is 36.4 Å². The van der Waals surface area contributed by atoms with E-state index in [2.05, 4.69) is 5.32 Å². The van der Waals surface area contributed by atoms with Crippen LogP contribution < -0.4 is 10.1 Å². The number of carbonyl (C=O) groups is 1. The maximum absolute atomic E-state index is 13.3. The third-order valence-electron chi connectivity index (χ3n) is 7.91. The molecule has 4 aliphatic carbocycles. The number of piperidine rings is 1. The van der Waals surface area contributed by atoms with Crippen molar-refractivity contribution in [2.75, 3.05) is 25.5 Å². The number of amides is 1. The Balaban J connectivity index is 1.38. The molecule has 0 radical (unpaired) electrons. The topological polar surface area (TPSA) is 75.7 Å². The highest BCUT2D eigenvalue weighted by Crippen LogP contribution is 2.56. The van der Waals surface area contributed by atoms with Crippen LogP contribution in [0.2, 0.25) is 0 Å². The van der Waals surface area contributed by atoms with Gasteiger partial charge in [0.2, 0.25) is 15.9 Å². The Kier molecular flexibility index (Phi) is 5.30. The van der Waals surface area contributed by atoms with Gasteiger partial charge in [0.05, 0.1) is 17.7 Å². The second-order valence-electron chi connectivity index (χ2n) is 9.77. The van der Waals surface area contributed by atoms with Gasteiger partial charge in [-0.1, -0.05) is 6.42 Å². The first kappa shape index (κ1) is 20.3. The number of carbonyl (C=O) groups excluding carboxylic acids is 1. The molecule has 5 fully saturated rings. The van der Waals surface area contributed by atoms with E-state index in [0.717, 1.165) is 31.1 Å². The lowest BCUT2D eigenvalue weighted by Gasteiger charge is -2.53. The van der Waals surface area contributed by atoms with Crippen molar-refractivity contribution in [3.8, 4) is 5.75 Å².